The van der Waals surface area contributed by atoms with Crippen LogP contribution >= 0.6 is 0 Å². The van der Waals surface area contributed by atoms with E-state index in [9.17, 15) is 14.7 Å². The molecular weight excluding hydrogens is 400 g/mol. The van der Waals surface area contributed by atoms with Crippen molar-refractivity contribution in [2.45, 2.75) is 12.3 Å². The van der Waals surface area contributed by atoms with Crippen molar-refractivity contribution in [3.8, 4) is 17.6 Å². The number of methoxy groups -OCH3 is 1. The number of fused-ring (bicyclic) bond motifs is 1. The van der Waals surface area contributed by atoms with Gasteiger partial charge in [-0.3, -0.25) is 14.0 Å². The summed E-state index contributed by atoms with van der Waals surface area (Å²) < 4.78 is 11.8. The molecule has 156 valence electrons. The van der Waals surface area contributed by atoms with Crippen LogP contribution in [-0.4, -0.2) is 37.5 Å². The fraction of sp³-hybridized carbons (Fsp3) is 0.136. The Balaban J connectivity index is 1.82. The first-order chi connectivity index (χ1) is 15.1. The van der Waals surface area contributed by atoms with E-state index in [1.807, 2.05) is 0 Å². The first-order valence-corrected chi connectivity index (χ1v) is 9.38. The molecule has 0 amide bonds. The monoisotopic (exact) mass is 418 g/mol. The van der Waals surface area contributed by atoms with Gasteiger partial charge in [-0.25, -0.2) is 9.97 Å². The number of nitrogens with zero attached hydrogens (tertiary/aromatic N) is 4. The van der Waals surface area contributed by atoms with E-state index in [0.717, 1.165) is 0 Å². The van der Waals surface area contributed by atoms with E-state index in [0.29, 0.717) is 17.0 Å². The van der Waals surface area contributed by atoms with Crippen LogP contribution in [0.4, 0.5) is 0 Å². The third kappa shape index (κ3) is 4.20. The lowest BCUT2D eigenvalue weighted by Gasteiger charge is -2.18. The quantitative estimate of drug-likeness (QED) is 0.475. The maximum Gasteiger partial charge on any atom is 0.321 e. The van der Waals surface area contributed by atoms with Crippen LogP contribution in [0.1, 0.15) is 23.5 Å². The van der Waals surface area contributed by atoms with Crippen LogP contribution in [0.25, 0.3) is 5.65 Å². The molecule has 4 aromatic rings. The van der Waals surface area contributed by atoms with Gasteiger partial charge >= 0.3 is 12.0 Å². The summed E-state index contributed by atoms with van der Waals surface area (Å²) in [6, 6.07) is 13.6. The van der Waals surface area contributed by atoms with E-state index in [2.05, 4.69) is 15.0 Å². The van der Waals surface area contributed by atoms with E-state index in [-0.39, 0.29) is 18.0 Å². The number of benzene rings is 1. The number of esters is 1. The molecule has 0 aliphatic rings. The van der Waals surface area contributed by atoms with Gasteiger partial charge in [-0.2, -0.15) is 4.98 Å². The summed E-state index contributed by atoms with van der Waals surface area (Å²) in [5.41, 5.74) is 0.365. The second-order valence-corrected chi connectivity index (χ2v) is 6.62. The summed E-state index contributed by atoms with van der Waals surface area (Å²) in [6.45, 7) is 0. The van der Waals surface area contributed by atoms with Gasteiger partial charge in [0.1, 0.15) is 11.4 Å². The highest BCUT2D eigenvalue weighted by Crippen LogP contribution is 2.33. The number of ether oxygens (including phenoxy) is 2. The molecule has 0 aliphatic carbocycles. The van der Waals surface area contributed by atoms with Crippen LogP contribution in [-0.2, 0) is 9.53 Å². The SMILES string of the molecule is COC(=O)C[C@@H](c1cccc(Oc2ncccn2)c1)c1c(O)nc2ccccn2c1=O. The Kier molecular flexibility index (Phi) is 5.57. The Hall–Kier alpha value is -4.27. The van der Waals surface area contributed by atoms with Crippen molar-refractivity contribution < 1.29 is 19.4 Å². The van der Waals surface area contributed by atoms with Gasteiger partial charge in [-0.05, 0) is 35.9 Å². The molecule has 1 N–H and O–H groups in total. The van der Waals surface area contributed by atoms with Crippen LogP contribution in [0.5, 0.6) is 17.6 Å². The summed E-state index contributed by atoms with van der Waals surface area (Å²) in [4.78, 5) is 37.5. The molecule has 0 aliphatic heterocycles. The maximum absolute atomic E-state index is 13.2. The van der Waals surface area contributed by atoms with Gasteiger partial charge in [-0.15, -0.1) is 0 Å². The molecule has 31 heavy (non-hydrogen) atoms. The van der Waals surface area contributed by atoms with Crippen molar-refractivity contribution >= 4 is 11.6 Å². The Bertz CT molecular complexity index is 1290. The lowest BCUT2D eigenvalue weighted by molar-refractivity contribution is -0.140. The number of hydrogen-bond acceptors (Lipinski definition) is 8. The molecule has 9 nitrogen and oxygen atoms in total. The van der Waals surface area contributed by atoms with Crippen LogP contribution in [0.3, 0.4) is 0 Å². The van der Waals surface area contributed by atoms with Gasteiger partial charge in [0.2, 0.25) is 5.88 Å². The number of aromatic hydroxyl groups is 1. The van der Waals surface area contributed by atoms with Crippen molar-refractivity contribution in [2.24, 2.45) is 0 Å². The van der Waals surface area contributed by atoms with Crippen LogP contribution in [0, 0.1) is 0 Å². The highest BCUT2D eigenvalue weighted by atomic mass is 16.5. The fourth-order valence-corrected chi connectivity index (χ4v) is 3.27. The Morgan fingerprint density at radius 1 is 1.13 bits per heavy atom. The second-order valence-electron chi connectivity index (χ2n) is 6.62. The van der Waals surface area contributed by atoms with Gasteiger partial charge in [0, 0.05) is 24.5 Å². The van der Waals surface area contributed by atoms with Gasteiger partial charge in [0.25, 0.3) is 5.56 Å². The maximum atomic E-state index is 13.2. The van der Waals surface area contributed by atoms with Crippen LogP contribution in [0.2, 0.25) is 0 Å². The zero-order valence-electron chi connectivity index (χ0n) is 16.5. The van der Waals surface area contributed by atoms with Gasteiger partial charge < -0.3 is 14.6 Å². The van der Waals surface area contributed by atoms with E-state index < -0.39 is 23.3 Å². The predicted octanol–water partition coefficient (Wildman–Crippen LogP) is 2.68. The first kappa shape index (κ1) is 20.0. The number of pyridine rings is 1. The van der Waals surface area contributed by atoms with Crippen LogP contribution in [0.15, 0.2) is 71.9 Å². The number of carbonyl (C=O) groups excluding carboxylic acids is 1. The lowest BCUT2D eigenvalue weighted by atomic mass is 9.89. The zero-order chi connectivity index (χ0) is 21.8. The van der Waals surface area contributed by atoms with Gasteiger partial charge in [0.05, 0.1) is 19.1 Å². The first-order valence-electron chi connectivity index (χ1n) is 9.38. The number of aromatic nitrogens is 4. The summed E-state index contributed by atoms with van der Waals surface area (Å²) in [5, 5.41) is 10.6. The molecule has 3 aromatic heterocycles. The third-order valence-electron chi connectivity index (χ3n) is 4.71. The molecule has 9 heteroatoms. The number of hydrogen-bond donors (Lipinski definition) is 1. The lowest BCUT2D eigenvalue weighted by Crippen LogP contribution is -2.24. The average Bonchev–Trinajstić information content (AvgIpc) is 2.79. The van der Waals surface area contributed by atoms with Gasteiger partial charge in [0.15, 0.2) is 0 Å². The molecule has 0 radical (unpaired) electrons. The number of rotatable bonds is 6. The standard InChI is InChI=1S/C22H18N4O5/c1-30-18(27)13-16(19-20(28)25-17-8-2-3-11-26(17)21(19)29)14-6-4-7-15(12-14)31-22-23-9-5-10-24-22/h2-12,16,28H,13H2,1H3/t16-/m0/s1. The molecule has 4 rings (SSSR count). The van der Waals surface area contributed by atoms with E-state index in [1.165, 1.54) is 11.5 Å². The van der Waals surface area contributed by atoms with Crippen molar-refractivity contribution in [1.82, 2.24) is 19.4 Å². The normalized spacial score (nSPS) is 11.8. The summed E-state index contributed by atoms with van der Waals surface area (Å²) >= 11 is 0. The molecule has 0 saturated heterocycles. The molecule has 0 fully saturated rings. The second kappa shape index (κ2) is 8.62. The topological polar surface area (TPSA) is 116 Å². The summed E-state index contributed by atoms with van der Waals surface area (Å²) in [5.74, 6) is -1.39. The van der Waals surface area contributed by atoms with Crippen molar-refractivity contribution in [3.63, 3.8) is 0 Å². The zero-order valence-corrected chi connectivity index (χ0v) is 16.5. The molecule has 3 heterocycles. The van der Waals surface area contributed by atoms with E-state index in [4.69, 9.17) is 9.47 Å². The predicted molar refractivity (Wildman–Crippen MR) is 110 cm³/mol. The summed E-state index contributed by atoms with van der Waals surface area (Å²) in [6.07, 6.45) is 4.47. The van der Waals surface area contributed by atoms with Crippen LogP contribution < -0.4 is 10.3 Å². The van der Waals surface area contributed by atoms with Gasteiger partial charge in [-0.1, -0.05) is 18.2 Å². The minimum Gasteiger partial charge on any atom is -0.493 e. The Labute approximate surface area is 176 Å². The molecule has 1 atom stereocenters. The summed E-state index contributed by atoms with van der Waals surface area (Å²) in [7, 11) is 1.26. The number of carbonyl (C=O) groups is 1. The molecule has 0 bridgehead atoms. The minimum atomic E-state index is -0.815. The fourth-order valence-electron chi connectivity index (χ4n) is 3.27. The largest absolute Gasteiger partial charge is 0.493 e. The molecule has 1 aromatic carbocycles. The molecule has 0 spiro atoms. The van der Waals surface area contributed by atoms with E-state index >= 15 is 0 Å². The molecule has 0 saturated carbocycles. The average molecular weight is 418 g/mol. The highest BCUT2D eigenvalue weighted by molar-refractivity contribution is 5.71. The molecular formula is C22H18N4O5. The highest BCUT2D eigenvalue weighted by Gasteiger charge is 2.27. The smallest absolute Gasteiger partial charge is 0.321 e. The van der Waals surface area contributed by atoms with Crippen molar-refractivity contribution in [2.75, 3.05) is 7.11 Å². The molecule has 0 unspecified atom stereocenters. The Morgan fingerprint density at radius 3 is 2.71 bits per heavy atom. The Morgan fingerprint density at radius 2 is 1.94 bits per heavy atom. The minimum absolute atomic E-state index is 0.0118. The third-order valence-corrected chi connectivity index (χ3v) is 4.71. The van der Waals surface area contributed by atoms with Crippen molar-refractivity contribution in [1.29, 1.82) is 0 Å². The van der Waals surface area contributed by atoms with Crippen molar-refractivity contribution in [3.05, 3.63) is 88.6 Å². The van der Waals surface area contributed by atoms with E-state index in [1.54, 1.807) is 67.1 Å².